The van der Waals surface area contributed by atoms with Crippen LogP contribution in [0.25, 0.3) is 11.3 Å². The van der Waals surface area contributed by atoms with E-state index in [9.17, 15) is 5.11 Å². The molecule has 0 saturated heterocycles. The van der Waals surface area contributed by atoms with Gasteiger partial charge in [0.15, 0.2) is 5.75 Å². The zero-order valence-electron chi connectivity index (χ0n) is 9.45. The molecule has 0 spiro atoms. The minimum atomic E-state index is -0.119. The second-order valence-corrected chi connectivity index (χ2v) is 4.41. The Morgan fingerprint density at radius 2 is 2.06 bits per heavy atom. The number of phenols is 1. The van der Waals surface area contributed by atoms with Gasteiger partial charge in [-0.3, -0.25) is 4.98 Å². The van der Waals surface area contributed by atoms with E-state index in [1.54, 1.807) is 12.1 Å². The second-order valence-electron chi connectivity index (χ2n) is 3.56. The molecule has 0 fully saturated rings. The van der Waals surface area contributed by atoms with Crippen molar-refractivity contribution in [1.82, 2.24) is 4.98 Å². The molecule has 2 aromatic rings. The van der Waals surface area contributed by atoms with Gasteiger partial charge < -0.3 is 15.6 Å². The lowest BCUT2D eigenvalue weighted by atomic mass is 10.1. The summed E-state index contributed by atoms with van der Waals surface area (Å²) in [6, 6.07) is 4.71. The number of nitrogens with two attached hydrogens (primary N) is 1. The molecule has 2 rings (SSSR count). The maximum atomic E-state index is 10.0. The number of halogens is 2. The highest BCUT2D eigenvalue weighted by Gasteiger charge is 2.18. The quantitative estimate of drug-likeness (QED) is 0.655. The predicted octanol–water partition coefficient (Wildman–Crippen LogP) is 3.35. The van der Waals surface area contributed by atoms with Crippen molar-refractivity contribution in [1.29, 1.82) is 0 Å². The molecule has 0 aliphatic heterocycles. The second kappa shape index (κ2) is 4.92. The number of aromatic hydroxyl groups is 1. The highest BCUT2D eigenvalue weighted by atomic mass is 35.5. The SMILES string of the molecule is COc1ccc(N)c(O)c1-c1ncc(Cl)cc1Cl. The number of ether oxygens (including phenoxy) is 1. The number of methoxy groups -OCH3 is 1. The van der Waals surface area contributed by atoms with Crippen LogP contribution in [-0.4, -0.2) is 17.2 Å². The van der Waals surface area contributed by atoms with E-state index in [0.717, 1.165) is 0 Å². The van der Waals surface area contributed by atoms with Crippen LogP contribution in [0.3, 0.4) is 0 Å². The molecule has 0 saturated carbocycles. The Morgan fingerprint density at radius 1 is 1.33 bits per heavy atom. The highest BCUT2D eigenvalue weighted by Crippen LogP contribution is 2.43. The Kier molecular flexibility index (Phi) is 3.50. The summed E-state index contributed by atoms with van der Waals surface area (Å²) in [5, 5.41) is 10.7. The van der Waals surface area contributed by atoms with E-state index in [0.29, 0.717) is 27.1 Å². The number of nitrogens with zero attached hydrogens (tertiary/aromatic N) is 1. The number of rotatable bonds is 2. The molecule has 0 bridgehead atoms. The maximum Gasteiger partial charge on any atom is 0.151 e. The lowest BCUT2D eigenvalue weighted by Crippen LogP contribution is -1.95. The molecule has 94 valence electrons. The Morgan fingerprint density at radius 3 is 2.67 bits per heavy atom. The van der Waals surface area contributed by atoms with Gasteiger partial charge in [-0.1, -0.05) is 23.2 Å². The van der Waals surface area contributed by atoms with Gasteiger partial charge in [0.2, 0.25) is 0 Å². The summed E-state index contributed by atoms with van der Waals surface area (Å²) < 4.78 is 5.17. The fourth-order valence-corrected chi connectivity index (χ4v) is 2.06. The van der Waals surface area contributed by atoms with Crippen LogP contribution in [0.15, 0.2) is 24.4 Å². The monoisotopic (exact) mass is 284 g/mol. The first-order valence-corrected chi connectivity index (χ1v) is 5.77. The third kappa shape index (κ3) is 2.17. The summed E-state index contributed by atoms with van der Waals surface area (Å²) in [4.78, 5) is 4.10. The largest absolute Gasteiger partial charge is 0.505 e. The minimum Gasteiger partial charge on any atom is -0.505 e. The molecule has 1 aromatic carbocycles. The van der Waals surface area contributed by atoms with Crippen LogP contribution in [0, 0.1) is 0 Å². The van der Waals surface area contributed by atoms with Crippen LogP contribution in [-0.2, 0) is 0 Å². The van der Waals surface area contributed by atoms with Gasteiger partial charge in [0.25, 0.3) is 0 Å². The van der Waals surface area contributed by atoms with Gasteiger partial charge in [-0.15, -0.1) is 0 Å². The lowest BCUT2D eigenvalue weighted by Gasteiger charge is -2.12. The van der Waals surface area contributed by atoms with Gasteiger partial charge in [-0.05, 0) is 18.2 Å². The normalized spacial score (nSPS) is 10.4. The molecule has 6 heteroatoms. The Labute approximate surface area is 114 Å². The van der Waals surface area contributed by atoms with E-state index in [2.05, 4.69) is 4.98 Å². The van der Waals surface area contributed by atoms with Crippen molar-refractivity contribution in [2.45, 2.75) is 0 Å². The average molecular weight is 285 g/mol. The molecule has 0 amide bonds. The molecule has 1 aromatic heterocycles. The summed E-state index contributed by atoms with van der Waals surface area (Å²) in [6.45, 7) is 0. The van der Waals surface area contributed by atoms with Gasteiger partial charge in [-0.25, -0.2) is 0 Å². The van der Waals surface area contributed by atoms with Gasteiger partial charge >= 0.3 is 0 Å². The lowest BCUT2D eigenvalue weighted by molar-refractivity contribution is 0.410. The topological polar surface area (TPSA) is 68.4 Å². The molecule has 0 unspecified atom stereocenters. The first-order chi connectivity index (χ1) is 8.54. The van der Waals surface area contributed by atoms with Crippen molar-refractivity contribution >= 4 is 28.9 Å². The summed E-state index contributed by atoms with van der Waals surface area (Å²) in [7, 11) is 1.48. The zero-order chi connectivity index (χ0) is 13.3. The summed E-state index contributed by atoms with van der Waals surface area (Å²) in [6.07, 6.45) is 1.44. The van der Waals surface area contributed by atoms with Crippen molar-refractivity contribution in [2.75, 3.05) is 12.8 Å². The van der Waals surface area contributed by atoms with Crippen molar-refractivity contribution in [3.8, 4) is 22.8 Å². The molecule has 1 heterocycles. The molecule has 0 radical (unpaired) electrons. The maximum absolute atomic E-state index is 10.0. The first kappa shape index (κ1) is 12.8. The van der Waals surface area contributed by atoms with E-state index in [4.69, 9.17) is 33.7 Å². The first-order valence-electron chi connectivity index (χ1n) is 5.01. The zero-order valence-corrected chi connectivity index (χ0v) is 11.0. The van der Waals surface area contributed by atoms with E-state index >= 15 is 0 Å². The van der Waals surface area contributed by atoms with Crippen LogP contribution in [0.1, 0.15) is 0 Å². The molecule has 0 aliphatic rings. The van der Waals surface area contributed by atoms with Crippen molar-refractivity contribution in [3.63, 3.8) is 0 Å². The standard InChI is InChI=1S/C12H10Cl2N2O2/c1-18-9-3-2-8(15)12(17)10(9)11-7(14)4-6(13)5-16-11/h2-5,17H,15H2,1H3. The fraction of sp³-hybridized carbons (Fsp3) is 0.0833. The smallest absolute Gasteiger partial charge is 0.151 e. The number of aromatic nitrogens is 1. The van der Waals surface area contributed by atoms with Crippen molar-refractivity contribution in [3.05, 3.63) is 34.4 Å². The number of hydrogen-bond acceptors (Lipinski definition) is 4. The van der Waals surface area contributed by atoms with Gasteiger partial charge in [0, 0.05) is 6.20 Å². The number of pyridine rings is 1. The van der Waals surface area contributed by atoms with Gasteiger partial charge in [-0.2, -0.15) is 0 Å². The minimum absolute atomic E-state index is 0.119. The highest BCUT2D eigenvalue weighted by molar-refractivity contribution is 6.36. The number of nitrogen functional groups attached to an aromatic ring is 1. The molecule has 4 nitrogen and oxygen atoms in total. The number of phenolic OH excluding ortho intramolecular Hbond substituents is 1. The van der Waals surface area contributed by atoms with Crippen LogP contribution < -0.4 is 10.5 Å². The average Bonchev–Trinajstić information content (AvgIpc) is 2.33. The molecule has 3 N–H and O–H groups in total. The predicted molar refractivity (Wildman–Crippen MR) is 72.3 cm³/mol. The third-order valence-corrected chi connectivity index (χ3v) is 2.93. The number of anilines is 1. The van der Waals surface area contributed by atoms with E-state index in [1.165, 1.54) is 19.4 Å². The molecule has 18 heavy (non-hydrogen) atoms. The van der Waals surface area contributed by atoms with Crippen LogP contribution in [0.4, 0.5) is 5.69 Å². The molecular weight excluding hydrogens is 275 g/mol. The van der Waals surface area contributed by atoms with E-state index in [-0.39, 0.29) is 11.4 Å². The Bertz CT molecular complexity index is 603. The number of hydrogen-bond donors (Lipinski definition) is 2. The summed E-state index contributed by atoms with van der Waals surface area (Å²) in [5.74, 6) is 0.310. The summed E-state index contributed by atoms with van der Waals surface area (Å²) in [5.41, 5.74) is 6.59. The van der Waals surface area contributed by atoms with Crippen molar-refractivity contribution < 1.29 is 9.84 Å². The van der Waals surface area contributed by atoms with E-state index in [1.807, 2.05) is 0 Å². The Hall–Kier alpha value is -1.65. The third-order valence-electron chi connectivity index (χ3n) is 2.44. The van der Waals surface area contributed by atoms with Crippen molar-refractivity contribution in [2.24, 2.45) is 0 Å². The fourth-order valence-electron chi connectivity index (χ4n) is 1.59. The number of benzene rings is 1. The van der Waals surface area contributed by atoms with E-state index < -0.39 is 0 Å². The van der Waals surface area contributed by atoms with Crippen LogP contribution in [0.2, 0.25) is 10.0 Å². The molecule has 0 aliphatic carbocycles. The Balaban J connectivity index is 2.73. The van der Waals surface area contributed by atoms with Crippen LogP contribution in [0.5, 0.6) is 11.5 Å². The molecular formula is C12H10Cl2N2O2. The van der Waals surface area contributed by atoms with Gasteiger partial charge in [0.1, 0.15) is 5.75 Å². The van der Waals surface area contributed by atoms with Gasteiger partial charge in [0.05, 0.1) is 34.1 Å². The molecule has 0 atom stereocenters. The summed E-state index contributed by atoms with van der Waals surface area (Å²) >= 11 is 11.8. The van der Waals surface area contributed by atoms with Crippen LogP contribution >= 0.6 is 23.2 Å².